The van der Waals surface area contributed by atoms with Crippen molar-refractivity contribution in [3.8, 4) is 0 Å². The number of hydrogen-bond donors (Lipinski definition) is 1. The summed E-state index contributed by atoms with van der Waals surface area (Å²) in [6, 6.07) is 0.231. The third-order valence-electron chi connectivity index (χ3n) is 3.09. The molecular formula is C10H19NO3. The van der Waals surface area contributed by atoms with Gasteiger partial charge in [0.25, 0.3) is 0 Å². The Morgan fingerprint density at radius 3 is 2.64 bits per heavy atom. The fraction of sp³-hybridized carbons (Fsp3) is 0.900. The number of nitrogens with zero attached hydrogens (tertiary/aromatic N) is 1. The summed E-state index contributed by atoms with van der Waals surface area (Å²) in [7, 11) is 1.85. The molecule has 82 valence electrons. The minimum Gasteiger partial charge on any atom is -0.480 e. The second-order valence-corrected chi connectivity index (χ2v) is 4.35. The van der Waals surface area contributed by atoms with Crippen molar-refractivity contribution >= 4 is 5.97 Å². The normalized spacial score (nSPS) is 23.9. The first-order valence-electron chi connectivity index (χ1n) is 5.00. The molecule has 0 bridgehead atoms. The molecule has 0 amide bonds. The van der Waals surface area contributed by atoms with Crippen LogP contribution in [0, 0.1) is 0 Å². The van der Waals surface area contributed by atoms with E-state index < -0.39 is 11.5 Å². The average molecular weight is 201 g/mol. The van der Waals surface area contributed by atoms with Crippen LogP contribution in [0.4, 0.5) is 0 Å². The molecule has 0 spiro atoms. The third-order valence-corrected chi connectivity index (χ3v) is 3.09. The summed E-state index contributed by atoms with van der Waals surface area (Å²) in [6.45, 7) is 4.90. The van der Waals surface area contributed by atoms with E-state index in [0.717, 1.165) is 19.4 Å². The van der Waals surface area contributed by atoms with Crippen molar-refractivity contribution in [1.29, 1.82) is 0 Å². The van der Waals surface area contributed by atoms with Gasteiger partial charge in [0.05, 0.1) is 6.61 Å². The Labute approximate surface area is 84.8 Å². The minimum absolute atomic E-state index is 0.231. The molecule has 1 fully saturated rings. The first-order valence-corrected chi connectivity index (χ1v) is 5.00. The number of carboxylic acids is 1. The predicted octanol–water partition coefficient (Wildman–Crippen LogP) is 0.960. The van der Waals surface area contributed by atoms with Crippen molar-refractivity contribution in [3.63, 3.8) is 0 Å². The topological polar surface area (TPSA) is 49.8 Å². The summed E-state index contributed by atoms with van der Waals surface area (Å²) in [4.78, 5) is 12.9. The van der Waals surface area contributed by atoms with Crippen molar-refractivity contribution in [2.24, 2.45) is 0 Å². The Hall–Kier alpha value is -0.610. The summed E-state index contributed by atoms with van der Waals surface area (Å²) in [5.74, 6) is -0.787. The fourth-order valence-corrected chi connectivity index (χ4v) is 1.64. The maximum atomic E-state index is 11.0. The summed E-state index contributed by atoms with van der Waals surface area (Å²) >= 11 is 0. The lowest BCUT2D eigenvalue weighted by atomic mass is 9.99. The van der Waals surface area contributed by atoms with E-state index in [0.29, 0.717) is 6.61 Å². The van der Waals surface area contributed by atoms with Gasteiger partial charge in [0.15, 0.2) is 0 Å². The number of hydrogen-bond acceptors (Lipinski definition) is 3. The number of carboxylic acid groups (broad SMARTS) is 1. The maximum absolute atomic E-state index is 11.0. The van der Waals surface area contributed by atoms with Gasteiger partial charge in [-0.25, -0.2) is 0 Å². The zero-order chi connectivity index (χ0) is 10.8. The van der Waals surface area contributed by atoms with Gasteiger partial charge >= 0.3 is 5.97 Å². The van der Waals surface area contributed by atoms with Gasteiger partial charge in [-0.3, -0.25) is 9.69 Å². The van der Waals surface area contributed by atoms with E-state index in [1.54, 1.807) is 13.8 Å². The molecule has 1 N–H and O–H groups in total. The summed E-state index contributed by atoms with van der Waals surface area (Å²) in [6.07, 6.45) is 2.04. The van der Waals surface area contributed by atoms with Crippen molar-refractivity contribution in [2.75, 3.05) is 20.3 Å². The molecule has 1 rings (SSSR count). The lowest BCUT2D eigenvalue weighted by molar-refractivity contribution is -0.151. The first-order chi connectivity index (χ1) is 6.46. The molecule has 1 aliphatic heterocycles. The Morgan fingerprint density at radius 2 is 2.21 bits per heavy atom. The van der Waals surface area contributed by atoms with Gasteiger partial charge in [-0.15, -0.1) is 0 Å². The van der Waals surface area contributed by atoms with E-state index in [4.69, 9.17) is 9.84 Å². The number of aliphatic carboxylic acids is 1. The molecule has 1 atom stereocenters. The Bertz CT molecular complexity index is 209. The molecule has 1 aliphatic rings. The monoisotopic (exact) mass is 201 g/mol. The lowest BCUT2D eigenvalue weighted by Crippen LogP contribution is -2.54. The van der Waals surface area contributed by atoms with E-state index >= 15 is 0 Å². The Kier molecular flexibility index (Phi) is 3.50. The van der Waals surface area contributed by atoms with Crippen molar-refractivity contribution in [2.45, 2.75) is 38.3 Å². The molecule has 0 saturated carbocycles. The van der Waals surface area contributed by atoms with Crippen molar-refractivity contribution in [3.05, 3.63) is 0 Å². The van der Waals surface area contributed by atoms with Crippen LogP contribution in [0.25, 0.3) is 0 Å². The minimum atomic E-state index is -0.814. The first kappa shape index (κ1) is 11.5. The van der Waals surface area contributed by atoms with Crippen LogP contribution in [0.3, 0.4) is 0 Å². The molecule has 0 aromatic rings. The molecule has 0 aromatic carbocycles. The second-order valence-electron chi connectivity index (χ2n) is 4.35. The van der Waals surface area contributed by atoms with Gasteiger partial charge in [0, 0.05) is 12.6 Å². The zero-order valence-corrected chi connectivity index (χ0v) is 9.12. The predicted molar refractivity (Wildman–Crippen MR) is 53.3 cm³/mol. The number of likely N-dealkylation sites (N-methyl/N-ethyl adjacent to an activating group) is 1. The molecule has 0 aromatic heterocycles. The molecule has 1 heterocycles. The fourth-order valence-electron chi connectivity index (χ4n) is 1.64. The van der Waals surface area contributed by atoms with Crippen LogP contribution < -0.4 is 0 Å². The molecule has 0 radical (unpaired) electrons. The van der Waals surface area contributed by atoms with Crippen LogP contribution >= 0.6 is 0 Å². The molecule has 4 nitrogen and oxygen atoms in total. The molecule has 1 unspecified atom stereocenters. The third kappa shape index (κ3) is 2.25. The van der Waals surface area contributed by atoms with E-state index in [9.17, 15) is 4.79 Å². The second kappa shape index (κ2) is 4.28. The molecule has 14 heavy (non-hydrogen) atoms. The van der Waals surface area contributed by atoms with Crippen molar-refractivity contribution in [1.82, 2.24) is 4.90 Å². The highest BCUT2D eigenvalue weighted by molar-refractivity contribution is 5.77. The van der Waals surface area contributed by atoms with Crippen LogP contribution in [-0.2, 0) is 9.53 Å². The summed E-state index contributed by atoms with van der Waals surface area (Å²) in [5, 5.41) is 9.06. The molecule has 4 heteroatoms. The van der Waals surface area contributed by atoms with E-state index in [-0.39, 0.29) is 6.04 Å². The molecule has 1 saturated heterocycles. The van der Waals surface area contributed by atoms with E-state index in [1.165, 1.54) is 0 Å². The highest BCUT2D eigenvalue weighted by atomic mass is 16.5. The van der Waals surface area contributed by atoms with Gasteiger partial charge < -0.3 is 9.84 Å². The zero-order valence-electron chi connectivity index (χ0n) is 9.12. The van der Waals surface area contributed by atoms with E-state index in [1.807, 2.05) is 11.9 Å². The highest BCUT2D eigenvalue weighted by Crippen LogP contribution is 2.21. The number of rotatable bonds is 3. The molecular weight excluding hydrogens is 182 g/mol. The van der Waals surface area contributed by atoms with Crippen LogP contribution in [0.1, 0.15) is 26.7 Å². The largest absolute Gasteiger partial charge is 0.480 e. The van der Waals surface area contributed by atoms with Crippen LogP contribution in [0.5, 0.6) is 0 Å². The van der Waals surface area contributed by atoms with Crippen LogP contribution in [-0.4, -0.2) is 47.8 Å². The number of carbonyl (C=O) groups is 1. The van der Waals surface area contributed by atoms with Crippen LogP contribution in [0.2, 0.25) is 0 Å². The van der Waals surface area contributed by atoms with Gasteiger partial charge in [-0.05, 0) is 33.7 Å². The van der Waals surface area contributed by atoms with Gasteiger partial charge in [0.1, 0.15) is 5.54 Å². The Morgan fingerprint density at radius 1 is 1.57 bits per heavy atom. The quantitative estimate of drug-likeness (QED) is 0.739. The summed E-state index contributed by atoms with van der Waals surface area (Å²) in [5.41, 5.74) is -0.814. The van der Waals surface area contributed by atoms with Gasteiger partial charge in [0.2, 0.25) is 0 Å². The van der Waals surface area contributed by atoms with Gasteiger partial charge in [-0.2, -0.15) is 0 Å². The average Bonchev–Trinajstić information content (AvgIpc) is 2.17. The summed E-state index contributed by atoms with van der Waals surface area (Å²) < 4.78 is 5.34. The molecule has 0 aliphatic carbocycles. The van der Waals surface area contributed by atoms with Crippen molar-refractivity contribution < 1.29 is 14.6 Å². The highest BCUT2D eigenvalue weighted by Gasteiger charge is 2.36. The number of ether oxygens (including phenoxy) is 1. The van der Waals surface area contributed by atoms with Gasteiger partial charge in [-0.1, -0.05) is 0 Å². The Balaban J connectivity index is 2.62. The van der Waals surface area contributed by atoms with Crippen LogP contribution in [0.15, 0.2) is 0 Å². The standard InChI is InChI=1S/C10H19NO3/c1-10(2,9(12)13)11(3)8-5-4-6-14-7-8/h8H,4-7H2,1-3H3,(H,12,13). The maximum Gasteiger partial charge on any atom is 0.323 e. The lowest BCUT2D eigenvalue weighted by Gasteiger charge is -2.39. The van der Waals surface area contributed by atoms with E-state index in [2.05, 4.69) is 0 Å². The SMILES string of the molecule is CN(C1CCCOC1)C(C)(C)C(=O)O. The smallest absolute Gasteiger partial charge is 0.323 e.